The Hall–Kier alpha value is -1.95. The lowest BCUT2D eigenvalue weighted by Gasteiger charge is -2.27. The second kappa shape index (κ2) is 4.31. The summed E-state index contributed by atoms with van der Waals surface area (Å²) < 4.78 is 6.34. The lowest BCUT2D eigenvalue weighted by atomic mass is 10.1. The van der Waals surface area contributed by atoms with E-state index in [1.807, 2.05) is 19.6 Å². The SMILES string of the molecule is CC(=O)Oc1cccc2c1C(=O)N([Si](C)(C)C)C2=O. The van der Waals surface area contributed by atoms with Gasteiger partial charge in [0.05, 0.1) is 11.1 Å². The highest BCUT2D eigenvalue weighted by Gasteiger charge is 2.44. The average molecular weight is 277 g/mol. The molecule has 0 aromatic heterocycles. The first kappa shape index (κ1) is 13.5. The van der Waals surface area contributed by atoms with Gasteiger partial charge in [-0.15, -0.1) is 0 Å². The van der Waals surface area contributed by atoms with E-state index >= 15 is 0 Å². The quantitative estimate of drug-likeness (QED) is 0.359. The number of carbonyl (C=O) groups excluding carboxylic acids is 3. The van der Waals surface area contributed by atoms with E-state index < -0.39 is 14.2 Å². The molecule has 0 aliphatic carbocycles. The van der Waals surface area contributed by atoms with Gasteiger partial charge in [0.2, 0.25) is 0 Å². The van der Waals surface area contributed by atoms with E-state index in [-0.39, 0.29) is 23.1 Å². The number of benzene rings is 1. The summed E-state index contributed by atoms with van der Waals surface area (Å²) in [5.41, 5.74) is 0.510. The first-order valence-corrected chi connectivity index (χ1v) is 9.38. The molecule has 0 fully saturated rings. The minimum Gasteiger partial charge on any atom is -0.426 e. The largest absolute Gasteiger partial charge is 0.426 e. The van der Waals surface area contributed by atoms with Crippen molar-refractivity contribution < 1.29 is 19.1 Å². The van der Waals surface area contributed by atoms with Crippen LogP contribution >= 0.6 is 0 Å². The highest BCUT2D eigenvalue weighted by Crippen LogP contribution is 2.33. The zero-order valence-corrected chi connectivity index (χ0v) is 12.3. The third-order valence-electron chi connectivity index (χ3n) is 2.80. The van der Waals surface area contributed by atoms with E-state index in [9.17, 15) is 14.4 Å². The Morgan fingerprint density at radius 2 is 1.79 bits per heavy atom. The molecule has 1 aliphatic rings. The van der Waals surface area contributed by atoms with Crippen LogP contribution in [-0.4, -0.2) is 30.6 Å². The molecule has 0 radical (unpaired) electrons. The first-order valence-electron chi connectivity index (χ1n) is 5.94. The second-order valence-electron chi connectivity index (χ2n) is 5.39. The number of esters is 1. The molecule has 0 saturated carbocycles. The molecule has 1 heterocycles. The highest BCUT2D eigenvalue weighted by molar-refractivity contribution is 6.79. The van der Waals surface area contributed by atoms with Crippen LogP contribution in [0.25, 0.3) is 0 Å². The summed E-state index contributed by atoms with van der Waals surface area (Å²) in [7, 11) is -2.12. The van der Waals surface area contributed by atoms with Crippen molar-refractivity contribution in [2.45, 2.75) is 26.6 Å². The molecule has 0 N–H and O–H groups in total. The van der Waals surface area contributed by atoms with Crippen molar-refractivity contribution in [1.82, 2.24) is 4.57 Å². The maximum Gasteiger partial charge on any atom is 0.308 e. The second-order valence-corrected chi connectivity index (χ2v) is 10.2. The molecule has 19 heavy (non-hydrogen) atoms. The van der Waals surface area contributed by atoms with Crippen molar-refractivity contribution in [3.8, 4) is 5.75 Å². The standard InChI is InChI=1S/C13H15NO4Si/c1-8(15)18-10-7-5-6-9-11(10)13(17)14(12(9)16)19(2,3)4/h5-7H,1-4H3. The molecule has 100 valence electrons. The molecular formula is C13H15NO4Si. The minimum absolute atomic E-state index is 0.157. The Bertz CT molecular complexity index is 589. The summed E-state index contributed by atoms with van der Waals surface area (Å²) in [6.07, 6.45) is 0. The van der Waals surface area contributed by atoms with Crippen molar-refractivity contribution in [3.63, 3.8) is 0 Å². The van der Waals surface area contributed by atoms with E-state index in [1.165, 1.54) is 17.6 Å². The maximum atomic E-state index is 12.4. The van der Waals surface area contributed by atoms with Crippen LogP contribution < -0.4 is 4.74 Å². The van der Waals surface area contributed by atoms with Gasteiger partial charge in [0.25, 0.3) is 11.8 Å². The Kier molecular flexibility index (Phi) is 3.05. The van der Waals surface area contributed by atoms with Gasteiger partial charge in [-0.1, -0.05) is 25.7 Å². The smallest absolute Gasteiger partial charge is 0.308 e. The van der Waals surface area contributed by atoms with Gasteiger partial charge in [-0.3, -0.25) is 14.4 Å². The normalized spacial score (nSPS) is 14.6. The van der Waals surface area contributed by atoms with Gasteiger partial charge >= 0.3 is 5.97 Å². The topological polar surface area (TPSA) is 63.7 Å². The first-order chi connectivity index (χ1) is 8.73. The number of amides is 2. The third-order valence-corrected chi connectivity index (χ3v) is 4.55. The number of fused-ring (bicyclic) bond motifs is 1. The van der Waals surface area contributed by atoms with Gasteiger partial charge in [0.15, 0.2) is 8.24 Å². The number of carbonyl (C=O) groups is 3. The number of ether oxygens (including phenoxy) is 1. The van der Waals surface area contributed by atoms with Crippen molar-refractivity contribution in [2.24, 2.45) is 0 Å². The lowest BCUT2D eigenvalue weighted by molar-refractivity contribution is -0.131. The van der Waals surface area contributed by atoms with Crippen LogP contribution in [0.2, 0.25) is 19.6 Å². The lowest BCUT2D eigenvalue weighted by Crippen LogP contribution is -2.49. The molecule has 0 atom stereocenters. The summed E-state index contributed by atoms with van der Waals surface area (Å²) in [6.45, 7) is 7.01. The van der Waals surface area contributed by atoms with E-state index in [2.05, 4.69) is 0 Å². The van der Waals surface area contributed by atoms with Gasteiger partial charge in [-0.2, -0.15) is 0 Å². The Labute approximate surface area is 112 Å². The van der Waals surface area contributed by atoms with Crippen molar-refractivity contribution in [1.29, 1.82) is 0 Å². The zero-order chi connectivity index (χ0) is 14.4. The summed E-state index contributed by atoms with van der Waals surface area (Å²) in [5, 5.41) is 0. The molecule has 0 saturated heterocycles. The van der Waals surface area contributed by atoms with Gasteiger partial charge in [0, 0.05) is 6.92 Å². The van der Waals surface area contributed by atoms with Crippen molar-refractivity contribution in [3.05, 3.63) is 29.3 Å². The van der Waals surface area contributed by atoms with Crippen molar-refractivity contribution >= 4 is 26.0 Å². The van der Waals surface area contributed by atoms with Crippen LogP contribution in [-0.2, 0) is 4.79 Å². The molecule has 1 aromatic carbocycles. The van der Waals surface area contributed by atoms with E-state index in [4.69, 9.17) is 4.74 Å². The van der Waals surface area contributed by atoms with Crippen LogP contribution in [0.3, 0.4) is 0 Å². The molecule has 6 heteroatoms. The predicted octanol–water partition coefficient (Wildman–Crippen LogP) is 2.04. The van der Waals surface area contributed by atoms with E-state index in [0.717, 1.165) is 0 Å². The summed E-state index contributed by atoms with van der Waals surface area (Å²) in [4.78, 5) is 35.8. The number of rotatable bonds is 2. The fourth-order valence-electron chi connectivity index (χ4n) is 2.10. The summed E-state index contributed by atoms with van der Waals surface area (Å²) in [5.74, 6) is -1.02. The molecule has 0 unspecified atom stereocenters. The molecule has 2 amide bonds. The maximum absolute atomic E-state index is 12.4. The van der Waals surface area contributed by atoms with Gasteiger partial charge in [-0.05, 0) is 12.1 Å². The van der Waals surface area contributed by atoms with Gasteiger partial charge < -0.3 is 9.30 Å². The highest BCUT2D eigenvalue weighted by atomic mass is 28.3. The molecule has 0 spiro atoms. The summed E-state index contributed by atoms with van der Waals surface area (Å²) in [6, 6.07) is 4.72. The third kappa shape index (κ3) is 2.19. The number of hydrogen-bond acceptors (Lipinski definition) is 4. The Morgan fingerprint density at radius 1 is 1.16 bits per heavy atom. The summed E-state index contributed by atoms with van der Waals surface area (Å²) >= 11 is 0. The van der Waals surface area contributed by atoms with Gasteiger partial charge in [0.1, 0.15) is 5.75 Å². The molecule has 5 nitrogen and oxygen atoms in total. The average Bonchev–Trinajstić information content (AvgIpc) is 2.51. The molecule has 1 aliphatic heterocycles. The minimum atomic E-state index is -2.12. The number of hydrogen-bond donors (Lipinski definition) is 0. The fraction of sp³-hybridized carbons (Fsp3) is 0.308. The van der Waals surface area contributed by atoms with Crippen LogP contribution in [0.5, 0.6) is 5.75 Å². The van der Waals surface area contributed by atoms with Crippen LogP contribution in [0.1, 0.15) is 27.6 Å². The van der Waals surface area contributed by atoms with Crippen molar-refractivity contribution in [2.75, 3.05) is 0 Å². The Balaban J connectivity index is 2.56. The number of imide groups is 1. The van der Waals surface area contributed by atoms with Crippen LogP contribution in [0.15, 0.2) is 18.2 Å². The molecule has 2 rings (SSSR count). The number of nitrogens with zero attached hydrogens (tertiary/aromatic N) is 1. The fourth-order valence-corrected chi connectivity index (χ4v) is 3.55. The monoisotopic (exact) mass is 277 g/mol. The van der Waals surface area contributed by atoms with Crippen LogP contribution in [0.4, 0.5) is 0 Å². The zero-order valence-electron chi connectivity index (χ0n) is 11.3. The van der Waals surface area contributed by atoms with Crippen LogP contribution in [0, 0.1) is 0 Å². The van der Waals surface area contributed by atoms with Gasteiger partial charge in [-0.25, -0.2) is 0 Å². The van der Waals surface area contributed by atoms with E-state index in [0.29, 0.717) is 5.56 Å². The Morgan fingerprint density at radius 3 is 2.32 bits per heavy atom. The predicted molar refractivity (Wildman–Crippen MR) is 71.6 cm³/mol. The molecule has 1 aromatic rings. The molecular weight excluding hydrogens is 262 g/mol. The molecule has 0 bridgehead atoms. The van der Waals surface area contributed by atoms with E-state index in [1.54, 1.807) is 12.1 Å².